The number of piperazine rings is 1. The molecule has 8 heteroatoms. The summed E-state index contributed by atoms with van der Waals surface area (Å²) >= 11 is 3.50. The Morgan fingerprint density at radius 1 is 1.15 bits per heavy atom. The molecule has 3 amide bonds. The van der Waals surface area contributed by atoms with Crippen LogP contribution in [-0.2, 0) is 22.7 Å². The van der Waals surface area contributed by atoms with Gasteiger partial charge in [-0.1, -0.05) is 6.07 Å². The molecule has 0 aromatic heterocycles. The summed E-state index contributed by atoms with van der Waals surface area (Å²) in [5, 5.41) is 5.69. The second-order valence-corrected chi connectivity index (χ2v) is 7.84. The number of carbonyl (C=O) groups is 3. The summed E-state index contributed by atoms with van der Waals surface area (Å²) in [7, 11) is 0. The number of fused-ring (bicyclic) bond motifs is 1. The van der Waals surface area contributed by atoms with Gasteiger partial charge < -0.3 is 10.2 Å². The number of benzene rings is 1. The minimum Gasteiger partial charge on any atom is -0.322 e. The molecular formula is C18H21BrN4O3. The average Bonchev–Trinajstić information content (AvgIpc) is 2.97. The van der Waals surface area contributed by atoms with E-state index < -0.39 is 6.04 Å². The molecule has 0 saturated carbocycles. The Balaban J connectivity index is 1.60. The van der Waals surface area contributed by atoms with E-state index >= 15 is 0 Å². The minimum atomic E-state index is -0.577. The van der Waals surface area contributed by atoms with Crippen LogP contribution in [0.25, 0.3) is 0 Å². The van der Waals surface area contributed by atoms with Crippen molar-refractivity contribution in [3.05, 3.63) is 33.3 Å². The van der Waals surface area contributed by atoms with Gasteiger partial charge in [0, 0.05) is 50.2 Å². The van der Waals surface area contributed by atoms with Gasteiger partial charge >= 0.3 is 0 Å². The van der Waals surface area contributed by atoms with Crippen LogP contribution in [0.3, 0.4) is 0 Å². The monoisotopic (exact) mass is 420 g/mol. The average molecular weight is 421 g/mol. The van der Waals surface area contributed by atoms with Gasteiger partial charge in [-0.3, -0.25) is 24.6 Å². The first-order valence-electron chi connectivity index (χ1n) is 8.92. The van der Waals surface area contributed by atoms with Gasteiger partial charge in [0.05, 0.1) is 5.56 Å². The third-order valence-electron chi connectivity index (χ3n) is 5.35. The van der Waals surface area contributed by atoms with E-state index in [9.17, 15) is 14.4 Å². The number of hydrogen-bond donors (Lipinski definition) is 2. The largest absolute Gasteiger partial charge is 0.322 e. The summed E-state index contributed by atoms with van der Waals surface area (Å²) in [4.78, 5) is 40.6. The van der Waals surface area contributed by atoms with Crippen molar-refractivity contribution < 1.29 is 14.4 Å². The van der Waals surface area contributed by atoms with Crippen LogP contribution in [0.2, 0.25) is 0 Å². The molecule has 0 radical (unpaired) electrons. The number of nitrogens with zero attached hydrogens (tertiary/aromatic N) is 2. The van der Waals surface area contributed by atoms with E-state index in [2.05, 4.69) is 37.5 Å². The lowest BCUT2D eigenvalue weighted by atomic mass is 10.0. The molecule has 138 valence electrons. The lowest BCUT2D eigenvalue weighted by molar-refractivity contribution is -0.136. The van der Waals surface area contributed by atoms with Gasteiger partial charge in [0.25, 0.3) is 5.91 Å². The van der Waals surface area contributed by atoms with Crippen LogP contribution in [0, 0.1) is 0 Å². The summed E-state index contributed by atoms with van der Waals surface area (Å²) in [6, 6.07) is 3.40. The number of rotatable bonds is 3. The number of nitrogens with one attached hydrogen (secondary N) is 2. The van der Waals surface area contributed by atoms with Crippen molar-refractivity contribution in [3.8, 4) is 0 Å². The Labute approximate surface area is 160 Å². The van der Waals surface area contributed by atoms with Gasteiger partial charge in [-0.05, 0) is 39.5 Å². The fourth-order valence-electron chi connectivity index (χ4n) is 3.95. The first kappa shape index (κ1) is 17.6. The fourth-order valence-corrected chi connectivity index (χ4v) is 4.49. The van der Waals surface area contributed by atoms with Gasteiger partial charge in [0.15, 0.2) is 0 Å². The zero-order chi connectivity index (χ0) is 18.3. The normalized spacial score (nSPS) is 24.0. The predicted molar refractivity (Wildman–Crippen MR) is 98.3 cm³/mol. The highest BCUT2D eigenvalue weighted by Crippen LogP contribution is 2.35. The van der Waals surface area contributed by atoms with Crippen LogP contribution < -0.4 is 10.6 Å². The van der Waals surface area contributed by atoms with Crippen LogP contribution in [-0.4, -0.2) is 59.7 Å². The molecule has 0 aliphatic carbocycles. The quantitative estimate of drug-likeness (QED) is 0.700. The van der Waals surface area contributed by atoms with Gasteiger partial charge in [-0.25, -0.2) is 0 Å². The van der Waals surface area contributed by atoms with E-state index in [0.717, 1.165) is 48.3 Å². The molecule has 7 nitrogen and oxygen atoms in total. The molecule has 1 aromatic carbocycles. The van der Waals surface area contributed by atoms with Crippen LogP contribution in [0.15, 0.2) is 16.6 Å². The summed E-state index contributed by atoms with van der Waals surface area (Å²) in [6.45, 7) is 5.13. The molecule has 3 aliphatic heterocycles. The molecule has 2 fully saturated rings. The van der Waals surface area contributed by atoms with Crippen LogP contribution in [0.5, 0.6) is 0 Å². The van der Waals surface area contributed by atoms with Crippen LogP contribution in [0.1, 0.15) is 34.3 Å². The highest BCUT2D eigenvalue weighted by Gasteiger charge is 2.40. The van der Waals surface area contributed by atoms with E-state index in [-0.39, 0.29) is 24.1 Å². The zero-order valence-electron chi connectivity index (χ0n) is 14.4. The molecule has 4 rings (SSSR count). The van der Waals surface area contributed by atoms with Gasteiger partial charge in [0.1, 0.15) is 6.04 Å². The van der Waals surface area contributed by atoms with E-state index in [1.165, 1.54) is 0 Å². The Hall–Kier alpha value is -1.77. The second-order valence-electron chi connectivity index (χ2n) is 6.99. The van der Waals surface area contributed by atoms with Crippen molar-refractivity contribution in [1.82, 2.24) is 20.4 Å². The summed E-state index contributed by atoms with van der Waals surface area (Å²) < 4.78 is 0.761. The Kier molecular flexibility index (Phi) is 4.81. The minimum absolute atomic E-state index is 0.136. The smallest absolute Gasteiger partial charge is 0.256 e. The SMILES string of the molecule is O=C1CCC(N2Cc3c(CN4CCNCC4)ccc(Br)c3C2=O)C(=O)N1. The van der Waals surface area contributed by atoms with Gasteiger partial charge in [-0.15, -0.1) is 0 Å². The zero-order valence-corrected chi connectivity index (χ0v) is 16.0. The second kappa shape index (κ2) is 7.09. The molecule has 2 saturated heterocycles. The molecule has 2 N–H and O–H groups in total. The first-order valence-corrected chi connectivity index (χ1v) is 9.72. The molecule has 3 aliphatic rings. The lowest BCUT2D eigenvalue weighted by Crippen LogP contribution is -2.52. The summed E-state index contributed by atoms with van der Waals surface area (Å²) in [5.74, 6) is -0.776. The maximum atomic E-state index is 13.0. The van der Waals surface area contributed by atoms with Crippen LogP contribution >= 0.6 is 15.9 Å². The first-order chi connectivity index (χ1) is 12.5. The standard InChI is InChI=1S/C18H21BrN4O3/c19-13-2-1-11(9-22-7-5-20-6-8-22)12-10-23(18(26)16(12)13)14-3-4-15(24)21-17(14)25/h1-2,14,20H,3-10H2,(H,21,24,25). The van der Waals surface area contributed by atoms with Crippen molar-refractivity contribution in [2.75, 3.05) is 26.2 Å². The third kappa shape index (κ3) is 3.17. The lowest BCUT2D eigenvalue weighted by Gasteiger charge is -2.29. The number of carbonyl (C=O) groups excluding carboxylic acids is 3. The molecule has 1 aromatic rings. The summed E-state index contributed by atoms with van der Waals surface area (Å²) in [5.41, 5.74) is 2.78. The van der Waals surface area contributed by atoms with Crippen molar-refractivity contribution in [3.63, 3.8) is 0 Å². The Morgan fingerprint density at radius 2 is 1.92 bits per heavy atom. The molecule has 3 heterocycles. The Bertz CT molecular complexity index is 776. The van der Waals surface area contributed by atoms with E-state index in [1.807, 2.05) is 6.07 Å². The van der Waals surface area contributed by atoms with Crippen molar-refractivity contribution >= 4 is 33.7 Å². The summed E-state index contributed by atoms with van der Waals surface area (Å²) in [6.07, 6.45) is 0.653. The number of halogens is 1. The molecule has 0 bridgehead atoms. The molecular weight excluding hydrogens is 400 g/mol. The van der Waals surface area contributed by atoms with Gasteiger partial charge in [0.2, 0.25) is 11.8 Å². The Morgan fingerprint density at radius 3 is 2.65 bits per heavy atom. The fraction of sp³-hybridized carbons (Fsp3) is 0.500. The predicted octanol–water partition coefficient (Wildman–Crippen LogP) is 0.615. The van der Waals surface area contributed by atoms with E-state index in [0.29, 0.717) is 18.5 Å². The highest BCUT2D eigenvalue weighted by molar-refractivity contribution is 9.10. The molecule has 26 heavy (non-hydrogen) atoms. The van der Waals surface area contributed by atoms with Crippen molar-refractivity contribution in [1.29, 1.82) is 0 Å². The van der Waals surface area contributed by atoms with E-state index in [1.54, 1.807) is 4.90 Å². The molecule has 0 spiro atoms. The van der Waals surface area contributed by atoms with Crippen molar-refractivity contribution in [2.24, 2.45) is 0 Å². The topological polar surface area (TPSA) is 81.8 Å². The number of hydrogen-bond acceptors (Lipinski definition) is 5. The van der Waals surface area contributed by atoms with E-state index in [4.69, 9.17) is 0 Å². The highest BCUT2D eigenvalue weighted by atomic mass is 79.9. The third-order valence-corrected chi connectivity index (χ3v) is 6.01. The molecule has 1 unspecified atom stereocenters. The molecule has 1 atom stereocenters. The number of piperidine rings is 1. The van der Waals surface area contributed by atoms with Crippen LogP contribution in [0.4, 0.5) is 0 Å². The maximum Gasteiger partial charge on any atom is 0.256 e. The number of imide groups is 1. The van der Waals surface area contributed by atoms with Crippen molar-refractivity contribution in [2.45, 2.75) is 32.0 Å². The maximum absolute atomic E-state index is 13.0. The number of amides is 3. The van der Waals surface area contributed by atoms with Gasteiger partial charge in [-0.2, -0.15) is 0 Å².